The predicted molar refractivity (Wildman–Crippen MR) is 127 cm³/mol. The molecule has 0 radical (unpaired) electrons. The first-order valence-corrected chi connectivity index (χ1v) is 12.5. The van der Waals surface area contributed by atoms with Crippen LogP contribution in [0, 0.1) is 5.41 Å². The molecule has 0 N–H and O–H groups in total. The highest BCUT2D eigenvalue weighted by Gasteiger charge is 2.49. The number of thiophene rings is 1. The molecule has 2 fully saturated rings. The van der Waals surface area contributed by atoms with Crippen LogP contribution in [-0.2, 0) is 16.7 Å². The molecular formula is C27H33NO2S. The molecule has 4 heterocycles. The summed E-state index contributed by atoms with van der Waals surface area (Å²) in [5.74, 6) is 0.927. The summed E-state index contributed by atoms with van der Waals surface area (Å²) >= 11 is 1.89. The Bertz CT molecular complexity index is 955. The second-order valence-corrected chi connectivity index (χ2v) is 10.8. The third kappa shape index (κ3) is 4.13. The molecule has 2 aliphatic rings. The number of benzene rings is 1. The minimum absolute atomic E-state index is 0.00895. The normalized spacial score (nSPS) is 24.8. The Labute approximate surface area is 190 Å². The van der Waals surface area contributed by atoms with Crippen molar-refractivity contribution in [1.82, 2.24) is 4.90 Å². The Balaban J connectivity index is 1.34. The van der Waals surface area contributed by atoms with Gasteiger partial charge in [0.05, 0.1) is 12.4 Å². The Morgan fingerprint density at radius 1 is 1.13 bits per heavy atom. The highest BCUT2D eigenvalue weighted by molar-refractivity contribution is 7.09. The third-order valence-corrected chi connectivity index (χ3v) is 8.57. The van der Waals surface area contributed by atoms with Gasteiger partial charge in [0.2, 0.25) is 0 Å². The van der Waals surface area contributed by atoms with E-state index in [4.69, 9.17) is 9.15 Å². The van der Waals surface area contributed by atoms with Crippen LogP contribution in [0.3, 0.4) is 0 Å². The zero-order chi connectivity index (χ0) is 21.3. The second kappa shape index (κ2) is 8.57. The van der Waals surface area contributed by atoms with Gasteiger partial charge in [-0.3, -0.25) is 4.90 Å². The molecule has 4 heteroatoms. The first-order valence-electron chi connectivity index (χ1n) is 11.6. The van der Waals surface area contributed by atoms with Gasteiger partial charge in [0, 0.05) is 34.5 Å². The van der Waals surface area contributed by atoms with Gasteiger partial charge >= 0.3 is 0 Å². The standard InChI is InChI=1S/C27H33NO2S/c1-26(2,22-11-9-21(10-12-22)24-7-3-17-29-24)28-16-15-27(20-28,25-8-4-18-30-25)14-13-23-6-5-19-31-23/h3,5-7,9-12,17,19,25H,4,8,13-16,18,20H2,1-2H3. The van der Waals surface area contributed by atoms with E-state index < -0.39 is 0 Å². The van der Waals surface area contributed by atoms with Crippen LogP contribution < -0.4 is 0 Å². The van der Waals surface area contributed by atoms with Crippen molar-refractivity contribution in [3.63, 3.8) is 0 Å². The first-order chi connectivity index (χ1) is 15.1. The highest BCUT2D eigenvalue weighted by atomic mass is 32.1. The van der Waals surface area contributed by atoms with E-state index in [1.54, 1.807) is 6.26 Å². The molecule has 5 rings (SSSR count). The molecule has 3 aromatic rings. The fourth-order valence-electron chi connectivity index (χ4n) is 5.56. The van der Waals surface area contributed by atoms with Crippen molar-refractivity contribution >= 4 is 11.3 Å². The lowest BCUT2D eigenvalue weighted by atomic mass is 9.75. The maximum atomic E-state index is 6.30. The van der Waals surface area contributed by atoms with Gasteiger partial charge in [-0.2, -0.15) is 0 Å². The van der Waals surface area contributed by atoms with E-state index in [9.17, 15) is 0 Å². The molecule has 2 aromatic heterocycles. The summed E-state index contributed by atoms with van der Waals surface area (Å²) in [7, 11) is 0. The van der Waals surface area contributed by atoms with Gasteiger partial charge in [0.25, 0.3) is 0 Å². The number of furan rings is 1. The van der Waals surface area contributed by atoms with Gasteiger partial charge in [-0.25, -0.2) is 0 Å². The number of hydrogen-bond acceptors (Lipinski definition) is 4. The lowest BCUT2D eigenvalue weighted by Crippen LogP contribution is -2.44. The molecule has 2 aliphatic heterocycles. The molecule has 0 spiro atoms. The molecule has 2 saturated heterocycles. The van der Waals surface area contributed by atoms with Gasteiger partial charge in [-0.15, -0.1) is 11.3 Å². The maximum Gasteiger partial charge on any atom is 0.133 e. The van der Waals surface area contributed by atoms with Gasteiger partial charge in [0.1, 0.15) is 5.76 Å². The molecule has 0 saturated carbocycles. The highest BCUT2D eigenvalue weighted by Crippen LogP contribution is 2.47. The number of rotatable bonds is 7. The summed E-state index contributed by atoms with van der Waals surface area (Å²) in [6.07, 6.45) is 8.20. The van der Waals surface area contributed by atoms with E-state index >= 15 is 0 Å². The van der Waals surface area contributed by atoms with Crippen molar-refractivity contribution in [1.29, 1.82) is 0 Å². The van der Waals surface area contributed by atoms with E-state index in [1.807, 2.05) is 23.5 Å². The largest absolute Gasteiger partial charge is 0.464 e. The van der Waals surface area contributed by atoms with Crippen LogP contribution in [0.5, 0.6) is 0 Å². The Kier molecular flexibility index (Phi) is 5.80. The average Bonchev–Trinajstić information content (AvgIpc) is 3.59. The first kappa shape index (κ1) is 21.0. The Morgan fingerprint density at radius 3 is 2.68 bits per heavy atom. The summed E-state index contributed by atoms with van der Waals surface area (Å²) in [5.41, 5.74) is 2.76. The zero-order valence-corrected chi connectivity index (χ0v) is 19.5. The Hall–Kier alpha value is -1.88. The predicted octanol–water partition coefficient (Wildman–Crippen LogP) is 6.75. The number of nitrogens with zero attached hydrogens (tertiary/aromatic N) is 1. The van der Waals surface area contributed by atoms with E-state index in [2.05, 4.69) is 60.5 Å². The smallest absolute Gasteiger partial charge is 0.133 e. The fraction of sp³-hybridized carbons (Fsp3) is 0.481. The van der Waals surface area contributed by atoms with E-state index in [0.29, 0.717) is 6.10 Å². The summed E-state index contributed by atoms with van der Waals surface area (Å²) in [4.78, 5) is 4.20. The molecule has 1 aromatic carbocycles. The number of ether oxygens (including phenoxy) is 1. The lowest BCUT2D eigenvalue weighted by Gasteiger charge is -2.40. The average molecular weight is 436 g/mol. The number of aryl methyl sites for hydroxylation is 1. The number of hydrogen-bond donors (Lipinski definition) is 0. The van der Waals surface area contributed by atoms with Crippen LogP contribution >= 0.6 is 11.3 Å². The molecular weight excluding hydrogens is 402 g/mol. The van der Waals surface area contributed by atoms with Crippen LogP contribution in [0.2, 0.25) is 0 Å². The Morgan fingerprint density at radius 2 is 2.00 bits per heavy atom. The van der Waals surface area contributed by atoms with Crippen molar-refractivity contribution in [2.75, 3.05) is 19.7 Å². The van der Waals surface area contributed by atoms with Crippen LogP contribution in [-0.4, -0.2) is 30.7 Å². The summed E-state index contributed by atoms with van der Waals surface area (Å²) in [6.45, 7) is 7.94. The second-order valence-electron chi connectivity index (χ2n) is 9.73. The fourth-order valence-corrected chi connectivity index (χ4v) is 6.27. The molecule has 164 valence electrons. The monoisotopic (exact) mass is 435 g/mol. The van der Waals surface area contributed by atoms with Crippen molar-refractivity contribution < 1.29 is 9.15 Å². The molecule has 2 unspecified atom stereocenters. The third-order valence-electron chi connectivity index (χ3n) is 7.64. The number of likely N-dealkylation sites (tertiary alicyclic amines) is 1. The molecule has 0 amide bonds. The quantitative estimate of drug-likeness (QED) is 0.411. The molecule has 31 heavy (non-hydrogen) atoms. The van der Waals surface area contributed by atoms with Gasteiger partial charge in [0.15, 0.2) is 0 Å². The van der Waals surface area contributed by atoms with Crippen molar-refractivity contribution in [3.8, 4) is 11.3 Å². The maximum absolute atomic E-state index is 6.30. The molecule has 2 atom stereocenters. The topological polar surface area (TPSA) is 25.6 Å². The van der Waals surface area contributed by atoms with E-state index in [-0.39, 0.29) is 11.0 Å². The summed E-state index contributed by atoms with van der Waals surface area (Å²) in [6, 6.07) is 17.3. The van der Waals surface area contributed by atoms with Gasteiger partial charge < -0.3 is 9.15 Å². The van der Waals surface area contributed by atoms with Crippen LogP contribution in [0.4, 0.5) is 0 Å². The van der Waals surface area contributed by atoms with Crippen molar-refractivity contribution in [2.24, 2.45) is 5.41 Å². The zero-order valence-electron chi connectivity index (χ0n) is 18.7. The minimum atomic E-state index is -0.00895. The molecule has 3 nitrogen and oxygen atoms in total. The van der Waals surface area contributed by atoms with Crippen molar-refractivity contribution in [2.45, 2.75) is 57.6 Å². The van der Waals surface area contributed by atoms with Gasteiger partial charge in [-0.1, -0.05) is 30.3 Å². The van der Waals surface area contributed by atoms with Crippen molar-refractivity contribution in [3.05, 3.63) is 70.6 Å². The summed E-state index contributed by atoms with van der Waals surface area (Å²) < 4.78 is 11.9. The van der Waals surface area contributed by atoms with Gasteiger partial charge in [-0.05, 0) is 81.6 Å². The van der Waals surface area contributed by atoms with E-state index in [1.165, 1.54) is 42.5 Å². The molecule has 0 aliphatic carbocycles. The van der Waals surface area contributed by atoms with E-state index in [0.717, 1.165) is 31.0 Å². The van der Waals surface area contributed by atoms with Crippen LogP contribution in [0.15, 0.2) is 64.6 Å². The van der Waals surface area contributed by atoms with Crippen LogP contribution in [0.25, 0.3) is 11.3 Å². The SMILES string of the molecule is CC(C)(c1ccc(-c2ccco2)cc1)N1CCC(CCc2cccs2)(C2CCCO2)C1. The van der Waals surface area contributed by atoms with Crippen LogP contribution in [0.1, 0.15) is 50.0 Å². The lowest BCUT2D eigenvalue weighted by molar-refractivity contribution is -0.00821. The molecule has 0 bridgehead atoms. The minimum Gasteiger partial charge on any atom is -0.464 e. The summed E-state index contributed by atoms with van der Waals surface area (Å²) in [5, 5.41) is 2.20.